The van der Waals surface area contributed by atoms with Crippen LogP contribution >= 0.6 is 0 Å². The number of hydrogen-bond acceptors (Lipinski definition) is 1. The summed E-state index contributed by atoms with van der Waals surface area (Å²) < 4.78 is 35.1. The zero-order valence-corrected chi connectivity index (χ0v) is 8.99. The fourth-order valence-electron chi connectivity index (χ4n) is 1.21. The molecule has 5 heteroatoms. The minimum atomic E-state index is -4.75. The molecule has 0 saturated heterocycles. The van der Waals surface area contributed by atoms with Gasteiger partial charge >= 0.3 is 12.1 Å². The fraction of sp³-hybridized carbons (Fsp3) is 0.900. The average Bonchev–Trinajstić information content (AvgIpc) is 2.14. The molecular formula is C10H18F3NO. The van der Waals surface area contributed by atoms with Crippen molar-refractivity contribution < 1.29 is 18.0 Å². The molecule has 0 aromatic carbocycles. The zero-order valence-electron chi connectivity index (χ0n) is 8.99. The molecule has 0 unspecified atom stereocenters. The molecule has 0 spiro atoms. The normalized spacial score (nSPS) is 11.5. The van der Waals surface area contributed by atoms with E-state index in [9.17, 15) is 18.0 Å². The number of carbonyl (C=O) groups excluding carboxylic acids is 1. The number of amides is 1. The summed E-state index contributed by atoms with van der Waals surface area (Å²) in [6, 6.07) is 0. The van der Waals surface area contributed by atoms with Crippen molar-refractivity contribution in [2.45, 2.75) is 51.6 Å². The van der Waals surface area contributed by atoms with Gasteiger partial charge in [-0.3, -0.25) is 4.79 Å². The van der Waals surface area contributed by atoms with E-state index in [4.69, 9.17) is 0 Å². The molecule has 0 aliphatic rings. The van der Waals surface area contributed by atoms with Crippen LogP contribution in [-0.2, 0) is 4.79 Å². The van der Waals surface area contributed by atoms with Crippen LogP contribution in [0.3, 0.4) is 0 Å². The lowest BCUT2D eigenvalue weighted by molar-refractivity contribution is -0.173. The summed E-state index contributed by atoms with van der Waals surface area (Å²) >= 11 is 0. The summed E-state index contributed by atoms with van der Waals surface area (Å²) in [6.45, 7) is 2.22. The van der Waals surface area contributed by atoms with E-state index in [0.717, 1.165) is 32.1 Å². The molecule has 0 fully saturated rings. The monoisotopic (exact) mass is 225 g/mol. The van der Waals surface area contributed by atoms with Crippen molar-refractivity contribution in [3.8, 4) is 0 Å². The first-order valence-electron chi connectivity index (χ1n) is 5.33. The molecule has 0 aromatic rings. The van der Waals surface area contributed by atoms with Crippen LogP contribution in [0.25, 0.3) is 0 Å². The minimum absolute atomic E-state index is 0.116. The van der Waals surface area contributed by atoms with E-state index >= 15 is 0 Å². The van der Waals surface area contributed by atoms with Crippen LogP contribution in [0, 0.1) is 0 Å². The van der Waals surface area contributed by atoms with Crippen LogP contribution in [0.1, 0.15) is 45.4 Å². The van der Waals surface area contributed by atoms with Crippen molar-refractivity contribution in [2.24, 2.45) is 0 Å². The Bertz CT molecular complexity index is 180. The number of carbonyl (C=O) groups is 1. The largest absolute Gasteiger partial charge is 0.471 e. The van der Waals surface area contributed by atoms with Crippen LogP contribution in [-0.4, -0.2) is 18.6 Å². The molecular weight excluding hydrogens is 207 g/mol. The maximum absolute atomic E-state index is 11.7. The zero-order chi connectivity index (χ0) is 11.7. The summed E-state index contributed by atoms with van der Waals surface area (Å²) in [5.41, 5.74) is 0. The first-order valence-corrected chi connectivity index (χ1v) is 5.33. The van der Waals surface area contributed by atoms with E-state index in [-0.39, 0.29) is 6.54 Å². The van der Waals surface area contributed by atoms with E-state index in [1.54, 1.807) is 0 Å². The number of hydrogen-bond donors (Lipinski definition) is 1. The van der Waals surface area contributed by atoms with E-state index in [1.165, 1.54) is 0 Å². The fourth-order valence-corrected chi connectivity index (χ4v) is 1.21. The van der Waals surface area contributed by atoms with Gasteiger partial charge in [0.15, 0.2) is 0 Å². The molecule has 90 valence electrons. The Morgan fingerprint density at radius 3 is 2.13 bits per heavy atom. The van der Waals surface area contributed by atoms with Crippen molar-refractivity contribution in [1.29, 1.82) is 0 Å². The standard InChI is InChI=1S/C10H18F3NO/c1-2-3-4-5-6-7-8-14-9(15)10(11,12)13/h2-8H2,1H3,(H,14,15). The van der Waals surface area contributed by atoms with Gasteiger partial charge in [0, 0.05) is 6.54 Å². The second-order valence-corrected chi connectivity index (χ2v) is 3.52. The van der Waals surface area contributed by atoms with Crippen molar-refractivity contribution in [2.75, 3.05) is 6.54 Å². The van der Waals surface area contributed by atoms with Gasteiger partial charge in [-0.1, -0.05) is 39.0 Å². The molecule has 0 heterocycles. The van der Waals surface area contributed by atoms with Gasteiger partial charge in [0.05, 0.1) is 0 Å². The first kappa shape index (κ1) is 14.3. The van der Waals surface area contributed by atoms with Gasteiger partial charge < -0.3 is 5.32 Å². The molecule has 15 heavy (non-hydrogen) atoms. The summed E-state index contributed by atoms with van der Waals surface area (Å²) in [4.78, 5) is 10.4. The van der Waals surface area contributed by atoms with E-state index in [0.29, 0.717) is 6.42 Å². The van der Waals surface area contributed by atoms with E-state index < -0.39 is 12.1 Å². The maximum Gasteiger partial charge on any atom is 0.471 e. The van der Waals surface area contributed by atoms with Crippen molar-refractivity contribution >= 4 is 5.91 Å². The summed E-state index contributed by atoms with van der Waals surface area (Å²) in [5.74, 6) is -1.84. The van der Waals surface area contributed by atoms with Crippen molar-refractivity contribution in [3.05, 3.63) is 0 Å². The Labute approximate surface area is 88.2 Å². The topological polar surface area (TPSA) is 29.1 Å². The lowest BCUT2D eigenvalue weighted by Gasteiger charge is -2.07. The number of halogens is 3. The third kappa shape index (κ3) is 8.27. The van der Waals surface area contributed by atoms with Crippen LogP contribution < -0.4 is 5.32 Å². The molecule has 0 aromatic heterocycles. The lowest BCUT2D eigenvalue weighted by atomic mass is 10.1. The highest BCUT2D eigenvalue weighted by molar-refractivity contribution is 5.81. The second-order valence-electron chi connectivity index (χ2n) is 3.52. The molecule has 0 saturated carbocycles. The highest BCUT2D eigenvalue weighted by atomic mass is 19.4. The van der Waals surface area contributed by atoms with E-state index in [2.05, 4.69) is 6.92 Å². The van der Waals surface area contributed by atoms with E-state index in [1.807, 2.05) is 5.32 Å². The Morgan fingerprint density at radius 1 is 1.07 bits per heavy atom. The summed E-state index contributed by atoms with van der Waals surface area (Å²) in [6.07, 6.45) is 1.19. The minimum Gasteiger partial charge on any atom is -0.348 e. The molecule has 0 aliphatic carbocycles. The Hall–Kier alpha value is -0.740. The summed E-state index contributed by atoms with van der Waals surface area (Å²) in [7, 11) is 0. The van der Waals surface area contributed by atoms with Gasteiger partial charge in [-0.25, -0.2) is 0 Å². The van der Waals surface area contributed by atoms with Gasteiger partial charge in [-0.2, -0.15) is 13.2 Å². The SMILES string of the molecule is CCCCCCCCNC(=O)C(F)(F)F. The van der Waals surface area contributed by atoms with Gasteiger partial charge in [0.2, 0.25) is 0 Å². The molecule has 2 nitrogen and oxygen atoms in total. The van der Waals surface area contributed by atoms with Gasteiger partial charge in [0.1, 0.15) is 0 Å². The molecule has 0 bridgehead atoms. The molecule has 0 radical (unpaired) electrons. The third-order valence-electron chi connectivity index (χ3n) is 2.07. The molecule has 1 N–H and O–H groups in total. The smallest absolute Gasteiger partial charge is 0.348 e. The Kier molecular flexibility index (Phi) is 7.17. The highest BCUT2D eigenvalue weighted by Crippen LogP contribution is 2.14. The second kappa shape index (κ2) is 7.54. The average molecular weight is 225 g/mol. The van der Waals surface area contributed by atoms with Crippen LogP contribution in [0.2, 0.25) is 0 Å². The number of unbranched alkanes of at least 4 members (excludes halogenated alkanes) is 5. The van der Waals surface area contributed by atoms with Gasteiger partial charge in [0.25, 0.3) is 0 Å². The lowest BCUT2D eigenvalue weighted by Crippen LogP contribution is -2.37. The first-order chi connectivity index (χ1) is 6.98. The Balaban J connectivity index is 3.28. The van der Waals surface area contributed by atoms with Crippen LogP contribution in [0.4, 0.5) is 13.2 Å². The number of alkyl halides is 3. The number of nitrogens with one attached hydrogen (secondary N) is 1. The third-order valence-corrected chi connectivity index (χ3v) is 2.07. The quantitative estimate of drug-likeness (QED) is 0.663. The van der Waals surface area contributed by atoms with Crippen molar-refractivity contribution in [3.63, 3.8) is 0 Å². The predicted molar refractivity (Wildman–Crippen MR) is 52.4 cm³/mol. The molecule has 0 aliphatic heterocycles. The van der Waals surface area contributed by atoms with Crippen LogP contribution in [0.5, 0.6) is 0 Å². The molecule has 0 rings (SSSR count). The maximum atomic E-state index is 11.7. The number of rotatable bonds is 7. The molecule has 1 amide bonds. The van der Waals surface area contributed by atoms with Gasteiger partial charge in [-0.15, -0.1) is 0 Å². The summed E-state index contributed by atoms with van der Waals surface area (Å²) in [5, 5.41) is 1.85. The van der Waals surface area contributed by atoms with Gasteiger partial charge in [-0.05, 0) is 6.42 Å². The molecule has 0 atom stereocenters. The highest BCUT2D eigenvalue weighted by Gasteiger charge is 2.37. The van der Waals surface area contributed by atoms with Crippen molar-refractivity contribution in [1.82, 2.24) is 5.32 Å². The Morgan fingerprint density at radius 2 is 1.60 bits per heavy atom. The predicted octanol–water partition coefficient (Wildman–Crippen LogP) is 3.03. The van der Waals surface area contributed by atoms with Crippen LogP contribution in [0.15, 0.2) is 0 Å².